The molecule has 1 aliphatic rings. The van der Waals surface area contributed by atoms with Gasteiger partial charge in [0.25, 0.3) is 0 Å². The van der Waals surface area contributed by atoms with E-state index in [0.717, 1.165) is 12.1 Å². The molecule has 0 radical (unpaired) electrons. The van der Waals surface area contributed by atoms with E-state index in [9.17, 15) is 22.4 Å². The van der Waals surface area contributed by atoms with Crippen LogP contribution in [0.1, 0.15) is 17.3 Å². The Morgan fingerprint density at radius 2 is 1.77 bits per heavy atom. The standard InChI is InChI=1S/C20H18F4O6/c1-19(9-26-10-19)11-27-12-28-14-4-2-13(3-5-14)18(25)29-15-6-7-17(16(21)8-15)30-20(22,23)24/h2-8H,9-12H2,1H3. The molecule has 1 fully saturated rings. The molecule has 2 aromatic carbocycles. The smallest absolute Gasteiger partial charge is 0.468 e. The molecular formula is C20H18F4O6. The Bertz CT molecular complexity index is 878. The molecule has 0 saturated carbocycles. The molecule has 6 nitrogen and oxygen atoms in total. The van der Waals surface area contributed by atoms with Gasteiger partial charge in [0.05, 0.1) is 25.4 Å². The summed E-state index contributed by atoms with van der Waals surface area (Å²) >= 11 is 0. The fourth-order valence-corrected chi connectivity index (χ4v) is 2.54. The normalized spacial score (nSPS) is 15.2. The maximum absolute atomic E-state index is 13.7. The van der Waals surface area contributed by atoms with Gasteiger partial charge >= 0.3 is 12.3 Å². The van der Waals surface area contributed by atoms with E-state index in [1.165, 1.54) is 24.3 Å². The predicted molar refractivity (Wildman–Crippen MR) is 94.9 cm³/mol. The lowest BCUT2D eigenvalue weighted by Crippen LogP contribution is -2.43. The average Bonchev–Trinajstić information content (AvgIpc) is 2.65. The van der Waals surface area contributed by atoms with Gasteiger partial charge in [0.15, 0.2) is 18.4 Å². The third kappa shape index (κ3) is 6.07. The molecule has 0 amide bonds. The van der Waals surface area contributed by atoms with Gasteiger partial charge in [-0.25, -0.2) is 9.18 Å². The zero-order chi connectivity index (χ0) is 21.8. The van der Waals surface area contributed by atoms with Crippen LogP contribution in [-0.2, 0) is 9.47 Å². The monoisotopic (exact) mass is 430 g/mol. The number of benzene rings is 2. The zero-order valence-corrected chi connectivity index (χ0v) is 15.8. The Morgan fingerprint density at radius 3 is 2.33 bits per heavy atom. The Morgan fingerprint density at radius 1 is 1.10 bits per heavy atom. The lowest BCUT2D eigenvalue weighted by Gasteiger charge is -2.37. The summed E-state index contributed by atoms with van der Waals surface area (Å²) in [6, 6.07) is 8.24. The highest BCUT2D eigenvalue weighted by Gasteiger charge is 2.34. The van der Waals surface area contributed by atoms with E-state index in [4.69, 9.17) is 18.9 Å². The van der Waals surface area contributed by atoms with E-state index in [2.05, 4.69) is 4.74 Å². The van der Waals surface area contributed by atoms with Crippen LogP contribution in [0.2, 0.25) is 0 Å². The number of carbonyl (C=O) groups excluding carboxylic acids is 1. The first-order chi connectivity index (χ1) is 14.1. The maximum atomic E-state index is 13.7. The van der Waals surface area contributed by atoms with Gasteiger partial charge in [-0.15, -0.1) is 13.2 Å². The van der Waals surface area contributed by atoms with Gasteiger partial charge in [0.2, 0.25) is 0 Å². The zero-order valence-electron chi connectivity index (χ0n) is 15.8. The second kappa shape index (κ2) is 8.88. The molecule has 0 aliphatic carbocycles. The summed E-state index contributed by atoms with van der Waals surface area (Å²) in [5.41, 5.74) is 0.145. The van der Waals surface area contributed by atoms with Gasteiger partial charge in [-0.05, 0) is 36.4 Å². The van der Waals surface area contributed by atoms with Crippen molar-refractivity contribution in [3.63, 3.8) is 0 Å². The van der Waals surface area contributed by atoms with E-state index in [0.29, 0.717) is 31.6 Å². The molecule has 0 bridgehead atoms. The molecule has 30 heavy (non-hydrogen) atoms. The molecule has 0 spiro atoms. The number of halogens is 4. The van der Waals surface area contributed by atoms with Crippen LogP contribution in [0, 0.1) is 11.2 Å². The van der Waals surface area contributed by atoms with E-state index in [1.807, 2.05) is 6.92 Å². The van der Waals surface area contributed by atoms with Crippen LogP contribution in [0.4, 0.5) is 17.6 Å². The second-order valence-electron chi connectivity index (χ2n) is 6.97. The molecule has 1 saturated heterocycles. The van der Waals surface area contributed by atoms with Crippen LogP contribution < -0.4 is 14.2 Å². The van der Waals surface area contributed by atoms with Crippen LogP contribution in [0.5, 0.6) is 17.2 Å². The molecule has 1 aliphatic heterocycles. The Kier molecular flexibility index (Phi) is 6.47. The van der Waals surface area contributed by atoms with Crippen molar-refractivity contribution in [2.75, 3.05) is 26.6 Å². The van der Waals surface area contributed by atoms with E-state index < -0.39 is 23.9 Å². The topological polar surface area (TPSA) is 63.2 Å². The summed E-state index contributed by atoms with van der Waals surface area (Å²) in [5, 5.41) is 0. The fraction of sp³-hybridized carbons (Fsp3) is 0.350. The summed E-state index contributed by atoms with van der Waals surface area (Å²) in [6.45, 7) is 3.86. The molecular weight excluding hydrogens is 412 g/mol. The number of rotatable bonds is 8. The molecule has 1 heterocycles. The van der Waals surface area contributed by atoms with Crippen molar-refractivity contribution in [3.05, 3.63) is 53.8 Å². The minimum atomic E-state index is -5.03. The largest absolute Gasteiger partial charge is 0.573 e. The van der Waals surface area contributed by atoms with Gasteiger partial charge in [-0.3, -0.25) is 0 Å². The molecule has 2 aromatic rings. The molecule has 3 rings (SSSR count). The highest BCUT2D eigenvalue weighted by Crippen LogP contribution is 2.29. The molecule has 0 unspecified atom stereocenters. The number of carbonyl (C=O) groups is 1. The first kappa shape index (κ1) is 21.8. The third-order valence-electron chi connectivity index (χ3n) is 4.09. The SMILES string of the molecule is CC1(COCOc2ccc(C(=O)Oc3ccc(OC(F)(F)F)c(F)c3)cc2)COC1. The summed E-state index contributed by atoms with van der Waals surface area (Å²) in [5.74, 6) is -2.97. The number of alkyl halides is 3. The second-order valence-corrected chi connectivity index (χ2v) is 6.97. The molecule has 0 atom stereocenters. The van der Waals surface area contributed by atoms with Gasteiger partial charge in [0, 0.05) is 11.5 Å². The first-order valence-electron chi connectivity index (χ1n) is 8.79. The number of ether oxygens (including phenoxy) is 5. The number of hydrogen-bond donors (Lipinski definition) is 0. The van der Waals surface area contributed by atoms with Crippen LogP contribution in [0.25, 0.3) is 0 Å². The maximum Gasteiger partial charge on any atom is 0.573 e. The minimum absolute atomic E-state index is 0.00746. The first-order valence-corrected chi connectivity index (χ1v) is 8.79. The van der Waals surface area contributed by atoms with Crippen LogP contribution in [0.15, 0.2) is 42.5 Å². The van der Waals surface area contributed by atoms with Crippen molar-refractivity contribution in [3.8, 4) is 17.2 Å². The Labute approximate surface area is 169 Å². The van der Waals surface area contributed by atoms with Crippen molar-refractivity contribution >= 4 is 5.97 Å². The summed E-state index contributed by atoms with van der Waals surface area (Å²) in [6.07, 6.45) is -5.03. The highest BCUT2D eigenvalue weighted by atomic mass is 19.4. The lowest BCUT2D eigenvalue weighted by atomic mass is 9.90. The van der Waals surface area contributed by atoms with Gasteiger partial charge in [-0.2, -0.15) is 0 Å². The predicted octanol–water partition coefficient (Wildman–Crippen LogP) is 4.33. The lowest BCUT2D eigenvalue weighted by molar-refractivity contribution is -0.275. The van der Waals surface area contributed by atoms with Crippen molar-refractivity contribution < 1.29 is 46.0 Å². The van der Waals surface area contributed by atoms with Crippen LogP contribution >= 0.6 is 0 Å². The van der Waals surface area contributed by atoms with Gasteiger partial charge in [0.1, 0.15) is 11.5 Å². The quantitative estimate of drug-likeness (QED) is 0.204. The van der Waals surface area contributed by atoms with Gasteiger partial charge < -0.3 is 23.7 Å². The summed E-state index contributed by atoms with van der Waals surface area (Å²) in [4.78, 5) is 12.1. The minimum Gasteiger partial charge on any atom is -0.468 e. The van der Waals surface area contributed by atoms with Gasteiger partial charge in [-0.1, -0.05) is 6.92 Å². The fourth-order valence-electron chi connectivity index (χ4n) is 2.54. The van der Waals surface area contributed by atoms with Crippen molar-refractivity contribution in [2.45, 2.75) is 13.3 Å². The van der Waals surface area contributed by atoms with Crippen molar-refractivity contribution in [2.24, 2.45) is 5.41 Å². The molecule has 162 valence electrons. The molecule has 10 heteroatoms. The number of hydrogen-bond acceptors (Lipinski definition) is 6. The Balaban J connectivity index is 1.50. The summed E-state index contributed by atoms with van der Waals surface area (Å²) in [7, 11) is 0. The van der Waals surface area contributed by atoms with E-state index >= 15 is 0 Å². The highest BCUT2D eigenvalue weighted by molar-refractivity contribution is 5.91. The van der Waals surface area contributed by atoms with E-state index in [1.54, 1.807) is 0 Å². The van der Waals surface area contributed by atoms with E-state index in [-0.39, 0.29) is 23.5 Å². The van der Waals surface area contributed by atoms with Crippen LogP contribution in [-0.4, -0.2) is 38.9 Å². The molecule has 0 N–H and O–H groups in total. The number of esters is 1. The van der Waals surface area contributed by atoms with Crippen molar-refractivity contribution in [1.82, 2.24) is 0 Å². The third-order valence-corrected chi connectivity index (χ3v) is 4.09. The summed E-state index contributed by atoms with van der Waals surface area (Å²) < 4.78 is 74.6. The Hall–Kier alpha value is -2.85. The van der Waals surface area contributed by atoms with Crippen molar-refractivity contribution in [1.29, 1.82) is 0 Å². The van der Waals surface area contributed by atoms with Crippen LogP contribution in [0.3, 0.4) is 0 Å². The average molecular weight is 430 g/mol. The molecule has 0 aromatic heterocycles.